The van der Waals surface area contributed by atoms with E-state index in [-0.39, 0.29) is 25.2 Å². The Morgan fingerprint density at radius 3 is 2.12 bits per heavy atom. The molecule has 2 N–H and O–H groups in total. The Kier molecular flexibility index (Phi) is 10.7. The number of benzene rings is 2. The quantitative estimate of drug-likeness (QED) is 0.539. The lowest BCUT2D eigenvalue weighted by Gasteiger charge is -2.17. The number of carbonyl (C=O) groups excluding carboxylic acids is 3. The van der Waals surface area contributed by atoms with Gasteiger partial charge in [-0.25, -0.2) is 9.59 Å². The fourth-order valence-electron chi connectivity index (χ4n) is 2.99. The maximum Gasteiger partial charge on any atom is 0.407 e. The summed E-state index contributed by atoms with van der Waals surface area (Å²) < 4.78 is 10.2. The summed E-state index contributed by atoms with van der Waals surface area (Å²) in [4.78, 5) is 37.3. The smallest absolute Gasteiger partial charge is 0.407 e. The zero-order chi connectivity index (χ0) is 24.1. The van der Waals surface area contributed by atoms with Gasteiger partial charge < -0.3 is 25.0 Å². The summed E-state index contributed by atoms with van der Waals surface area (Å²) in [6.07, 6.45) is -0.116. The SMILES string of the molecule is CC(C)OC(=O)NCc1cccc(CNC(=O)OCCN(C)C(=O)CCc2ccccc2)c1. The molecule has 0 aliphatic carbocycles. The number of hydrogen-bond donors (Lipinski definition) is 2. The van der Waals surface area contributed by atoms with Crippen LogP contribution in [0.25, 0.3) is 0 Å². The molecule has 0 radical (unpaired) electrons. The number of carbonyl (C=O) groups is 3. The lowest BCUT2D eigenvalue weighted by atomic mass is 10.1. The first-order valence-electron chi connectivity index (χ1n) is 11.0. The van der Waals surface area contributed by atoms with Gasteiger partial charge in [0.2, 0.25) is 5.91 Å². The van der Waals surface area contributed by atoms with E-state index in [9.17, 15) is 14.4 Å². The summed E-state index contributed by atoms with van der Waals surface area (Å²) in [5.74, 6) is 0.00515. The van der Waals surface area contributed by atoms with Gasteiger partial charge in [-0.05, 0) is 37.0 Å². The summed E-state index contributed by atoms with van der Waals surface area (Å²) in [7, 11) is 1.70. The lowest BCUT2D eigenvalue weighted by molar-refractivity contribution is -0.130. The van der Waals surface area contributed by atoms with Crippen LogP contribution in [0.4, 0.5) is 9.59 Å². The fraction of sp³-hybridized carbons (Fsp3) is 0.400. The van der Waals surface area contributed by atoms with Crippen LogP contribution in [-0.4, -0.2) is 49.3 Å². The number of nitrogens with zero attached hydrogens (tertiary/aromatic N) is 1. The first kappa shape index (κ1) is 25.7. The highest BCUT2D eigenvalue weighted by molar-refractivity contribution is 5.76. The molecule has 8 nitrogen and oxygen atoms in total. The molecule has 0 saturated heterocycles. The summed E-state index contributed by atoms with van der Waals surface area (Å²) in [5, 5.41) is 5.37. The van der Waals surface area contributed by atoms with Crippen molar-refractivity contribution in [2.45, 2.75) is 45.9 Å². The van der Waals surface area contributed by atoms with Crippen molar-refractivity contribution in [2.75, 3.05) is 20.2 Å². The molecule has 2 aromatic rings. The maximum atomic E-state index is 12.2. The highest BCUT2D eigenvalue weighted by Crippen LogP contribution is 2.06. The van der Waals surface area contributed by atoms with Gasteiger partial charge in [0.25, 0.3) is 0 Å². The van der Waals surface area contributed by atoms with E-state index in [0.29, 0.717) is 25.9 Å². The molecule has 0 heterocycles. The molecule has 3 amide bonds. The molecule has 0 bridgehead atoms. The lowest BCUT2D eigenvalue weighted by Crippen LogP contribution is -2.32. The Hall–Kier alpha value is -3.55. The summed E-state index contributed by atoms with van der Waals surface area (Å²) in [6.45, 7) is 4.62. The Labute approximate surface area is 195 Å². The van der Waals surface area contributed by atoms with Crippen molar-refractivity contribution in [2.24, 2.45) is 0 Å². The first-order valence-corrected chi connectivity index (χ1v) is 11.0. The standard InChI is InChI=1S/C25H33N3O5/c1-19(2)33-25(31)27-18-22-11-7-10-21(16-22)17-26-24(30)32-15-14-28(3)23(29)13-12-20-8-5-4-6-9-20/h4-11,16,19H,12-15,17-18H2,1-3H3,(H,26,30)(H,27,31). The Morgan fingerprint density at radius 1 is 0.879 bits per heavy atom. The van der Waals surface area contributed by atoms with Gasteiger partial charge in [-0.15, -0.1) is 0 Å². The van der Waals surface area contributed by atoms with Crippen LogP contribution in [-0.2, 0) is 33.8 Å². The van der Waals surface area contributed by atoms with Gasteiger partial charge >= 0.3 is 12.2 Å². The Morgan fingerprint density at radius 2 is 1.48 bits per heavy atom. The zero-order valence-electron chi connectivity index (χ0n) is 19.5. The molecule has 0 aromatic heterocycles. The van der Waals surface area contributed by atoms with Crippen LogP contribution in [0.15, 0.2) is 54.6 Å². The molecule has 2 aromatic carbocycles. The molecule has 0 aliphatic rings. The summed E-state index contributed by atoms with van der Waals surface area (Å²) in [6, 6.07) is 17.3. The Bertz CT molecular complexity index is 902. The number of alkyl carbamates (subject to hydrolysis) is 2. The number of rotatable bonds is 11. The monoisotopic (exact) mass is 455 g/mol. The molecule has 0 aliphatic heterocycles. The second kappa shape index (κ2) is 13.8. The molecule has 0 saturated carbocycles. The number of aryl methyl sites for hydroxylation is 1. The molecular weight excluding hydrogens is 422 g/mol. The first-order chi connectivity index (χ1) is 15.8. The van der Waals surface area contributed by atoms with Gasteiger partial charge in [0.15, 0.2) is 0 Å². The van der Waals surface area contributed by atoms with Crippen LogP contribution < -0.4 is 10.6 Å². The second-order valence-electron chi connectivity index (χ2n) is 7.92. The van der Waals surface area contributed by atoms with Gasteiger partial charge in [0.1, 0.15) is 6.61 Å². The van der Waals surface area contributed by atoms with E-state index < -0.39 is 12.2 Å². The molecule has 0 unspecified atom stereocenters. The molecule has 178 valence electrons. The predicted molar refractivity (Wildman–Crippen MR) is 125 cm³/mol. The van der Waals surface area contributed by atoms with E-state index in [1.54, 1.807) is 25.8 Å². The number of ether oxygens (including phenoxy) is 2. The summed E-state index contributed by atoms with van der Waals surface area (Å²) in [5.41, 5.74) is 2.88. The van der Waals surface area contributed by atoms with E-state index >= 15 is 0 Å². The van der Waals surface area contributed by atoms with Crippen molar-refractivity contribution in [3.05, 3.63) is 71.3 Å². The van der Waals surface area contributed by atoms with E-state index in [1.807, 2.05) is 54.6 Å². The van der Waals surface area contributed by atoms with Gasteiger partial charge in [-0.2, -0.15) is 0 Å². The van der Waals surface area contributed by atoms with Crippen molar-refractivity contribution >= 4 is 18.1 Å². The van der Waals surface area contributed by atoms with Crippen LogP contribution >= 0.6 is 0 Å². The maximum absolute atomic E-state index is 12.2. The van der Waals surface area contributed by atoms with Crippen LogP contribution in [0, 0.1) is 0 Å². The molecule has 8 heteroatoms. The third kappa shape index (κ3) is 10.5. The summed E-state index contributed by atoms with van der Waals surface area (Å²) >= 11 is 0. The third-order valence-corrected chi connectivity index (χ3v) is 4.76. The van der Waals surface area contributed by atoms with Crippen LogP contribution in [0.2, 0.25) is 0 Å². The molecular formula is C25H33N3O5. The highest BCUT2D eigenvalue weighted by Gasteiger charge is 2.10. The topological polar surface area (TPSA) is 97.0 Å². The van der Waals surface area contributed by atoms with Gasteiger partial charge in [0, 0.05) is 26.6 Å². The molecule has 0 atom stereocenters. The zero-order valence-corrected chi connectivity index (χ0v) is 19.5. The second-order valence-corrected chi connectivity index (χ2v) is 7.92. The van der Waals surface area contributed by atoms with E-state index in [1.165, 1.54) is 0 Å². The van der Waals surface area contributed by atoms with Crippen molar-refractivity contribution < 1.29 is 23.9 Å². The van der Waals surface area contributed by atoms with Crippen LogP contribution in [0.5, 0.6) is 0 Å². The molecule has 33 heavy (non-hydrogen) atoms. The van der Waals surface area contributed by atoms with Crippen molar-refractivity contribution in [1.82, 2.24) is 15.5 Å². The minimum Gasteiger partial charge on any atom is -0.448 e. The average molecular weight is 456 g/mol. The van der Waals surface area contributed by atoms with Crippen LogP contribution in [0.1, 0.15) is 37.0 Å². The van der Waals surface area contributed by atoms with Gasteiger partial charge in [-0.3, -0.25) is 4.79 Å². The van der Waals surface area contributed by atoms with E-state index in [4.69, 9.17) is 9.47 Å². The molecule has 0 fully saturated rings. The average Bonchev–Trinajstić information content (AvgIpc) is 2.80. The van der Waals surface area contributed by atoms with Gasteiger partial charge in [0.05, 0.1) is 12.6 Å². The number of likely N-dealkylation sites (N-methyl/N-ethyl adjacent to an activating group) is 1. The number of nitrogens with one attached hydrogen (secondary N) is 2. The number of amides is 3. The van der Waals surface area contributed by atoms with Gasteiger partial charge in [-0.1, -0.05) is 54.6 Å². The van der Waals surface area contributed by atoms with E-state index in [2.05, 4.69) is 10.6 Å². The largest absolute Gasteiger partial charge is 0.448 e. The van der Waals surface area contributed by atoms with Crippen LogP contribution in [0.3, 0.4) is 0 Å². The molecule has 0 spiro atoms. The third-order valence-electron chi connectivity index (χ3n) is 4.76. The van der Waals surface area contributed by atoms with Crippen molar-refractivity contribution in [3.8, 4) is 0 Å². The Balaban J connectivity index is 1.64. The highest BCUT2D eigenvalue weighted by atomic mass is 16.6. The predicted octanol–water partition coefficient (Wildman–Crippen LogP) is 3.64. The fourth-order valence-corrected chi connectivity index (χ4v) is 2.99. The van der Waals surface area contributed by atoms with Crippen molar-refractivity contribution in [3.63, 3.8) is 0 Å². The van der Waals surface area contributed by atoms with Crippen molar-refractivity contribution in [1.29, 1.82) is 0 Å². The number of hydrogen-bond acceptors (Lipinski definition) is 5. The normalized spacial score (nSPS) is 10.4. The van der Waals surface area contributed by atoms with E-state index in [0.717, 1.165) is 16.7 Å². The molecule has 2 rings (SSSR count). The minimum absolute atomic E-state index is 0.00515. The minimum atomic E-state index is -0.552.